The molecular weight excluding hydrogens is 328 g/mol. The molecule has 0 bridgehead atoms. The van der Waals surface area contributed by atoms with E-state index in [-0.39, 0.29) is 11.3 Å². The molecule has 24 heavy (non-hydrogen) atoms. The summed E-state index contributed by atoms with van der Waals surface area (Å²) in [6.07, 6.45) is 5.57. The van der Waals surface area contributed by atoms with Gasteiger partial charge in [-0.05, 0) is 37.5 Å². The zero-order valence-electron chi connectivity index (χ0n) is 13.9. The van der Waals surface area contributed by atoms with Crippen molar-refractivity contribution in [2.75, 3.05) is 25.5 Å². The summed E-state index contributed by atoms with van der Waals surface area (Å²) in [7, 11) is -1.47. The van der Waals surface area contributed by atoms with Gasteiger partial charge < -0.3 is 10.1 Å². The van der Waals surface area contributed by atoms with Crippen molar-refractivity contribution in [3.05, 3.63) is 18.1 Å². The van der Waals surface area contributed by atoms with Crippen LogP contribution in [0.1, 0.15) is 31.4 Å². The molecule has 8 heteroatoms. The van der Waals surface area contributed by atoms with Crippen LogP contribution >= 0.6 is 0 Å². The molecule has 3 aliphatic rings. The average molecular weight is 352 g/mol. The molecule has 0 radical (unpaired) electrons. The Kier molecular flexibility index (Phi) is 4.22. The highest BCUT2D eigenvalue weighted by Gasteiger charge is 2.49. The molecule has 2 atom stereocenters. The third-order valence-electron chi connectivity index (χ3n) is 5.21. The van der Waals surface area contributed by atoms with Gasteiger partial charge in [0, 0.05) is 32.3 Å². The van der Waals surface area contributed by atoms with Crippen LogP contribution in [0.25, 0.3) is 0 Å². The molecule has 1 aromatic rings. The van der Waals surface area contributed by atoms with Gasteiger partial charge in [0.2, 0.25) is 10.0 Å². The Labute approximate surface area is 142 Å². The van der Waals surface area contributed by atoms with Crippen molar-refractivity contribution in [1.29, 1.82) is 0 Å². The minimum absolute atomic E-state index is 0.122. The van der Waals surface area contributed by atoms with Crippen LogP contribution in [0, 0.1) is 11.8 Å². The summed E-state index contributed by atoms with van der Waals surface area (Å²) >= 11 is 0. The van der Waals surface area contributed by atoms with E-state index in [2.05, 4.69) is 15.3 Å². The maximum Gasteiger partial charge on any atom is 0.217 e. The highest BCUT2D eigenvalue weighted by atomic mass is 32.2. The summed E-state index contributed by atoms with van der Waals surface area (Å²) in [4.78, 5) is 8.46. The zero-order chi connectivity index (χ0) is 16.7. The molecule has 4 rings (SSSR count). The molecular formula is C16H24N4O3S. The first-order chi connectivity index (χ1) is 11.6. The summed E-state index contributed by atoms with van der Waals surface area (Å²) in [5.74, 6) is 1.76. The Balaban J connectivity index is 1.49. The van der Waals surface area contributed by atoms with Crippen molar-refractivity contribution in [1.82, 2.24) is 14.3 Å². The summed E-state index contributed by atoms with van der Waals surface area (Å²) in [5.41, 5.74) is 0.818. The topological polar surface area (TPSA) is 84.4 Å². The Bertz CT molecular complexity index is 703. The first kappa shape index (κ1) is 16.2. The minimum atomic E-state index is -3.11. The van der Waals surface area contributed by atoms with Crippen molar-refractivity contribution in [2.24, 2.45) is 11.8 Å². The number of nitrogens with one attached hydrogen (secondary N) is 1. The van der Waals surface area contributed by atoms with E-state index in [1.54, 1.807) is 11.4 Å². The lowest BCUT2D eigenvalue weighted by molar-refractivity contribution is 0.181. The number of anilines is 1. The monoisotopic (exact) mass is 352 g/mol. The van der Waals surface area contributed by atoms with Gasteiger partial charge in [-0.1, -0.05) is 0 Å². The van der Waals surface area contributed by atoms with Gasteiger partial charge in [-0.25, -0.2) is 18.4 Å². The maximum absolute atomic E-state index is 12.6. The van der Waals surface area contributed by atoms with Gasteiger partial charge in [-0.3, -0.25) is 0 Å². The van der Waals surface area contributed by atoms with Crippen LogP contribution in [-0.2, 0) is 21.4 Å². The van der Waals surface area contributed by atoms with Crippen molar-refractivity contribution in [2.45, 2.75) is 43.6 Å². The summed E-state index contributed by atoms with van der Waals surface area (Å²) in [5, 5.41) is 3.32. The standard InChI is InChI=1S/C16H24N4O3S/c1-23-9-12-6-16(18-10-17-12)19-15-8-20(7-14(15)11-2-3-11)24(21,22)13-4-5-13/h6,10-11,13-15H,2-5,7-9H2,1H3,(H,17,18,19). The normalized spacial score (nSPS) is 28.2. The van der Waals surface area contributed by atoms with Gasteiger partial charge in [-0.2, -0.15) is 4.31 Å². The molecule has 132 valence electrons. The number of hydrogen-bond acceptors (Lipinski definition) is 6. The van der Waals surface area contributed by atoms with E-state index in [4.69, 9.17) is 4.74 Å². The SMILES string of the molecule is COCc1cc(NC2CN(S(=O)(=O)C3CC3)CC2C2CC2)ncn1. The van der Waals surface area contributed by atoms with Crippen LogP contribution in [0.15, 0.2) is 12.4 Å². The van der Waals surface area contributed by atoms with E-state index in [1.165, 1.54) is 19.2 Å². The van der Waals surface area contributed by atoms with Crippen molar-refractivity contribution in [3.8, 4) is 0 Å². The fourth-order valence-corrected chi connectivity index (χ4v) is 5.53. The molecule has 1 N–H and O–H groups in total. The third kappa shape index (κ3) is 3.27. The quantitative estimate of drug-likeness (QED) is 0.795. The molecule has 2 saturated carbocycles. The zero-order valence-corrected chi connectivity index (χ0v) is 14.7. The second-order valence-electron chi connectivity index (χ2n) is 7.14. The van der Waals surface area contributed by atoms with Crippen molar-refractivity contribution < 1.29 is 13.2 Å². The van der Waals surface area contributed by atoms with Gasteiger partial charge >= 0.3 is 0 Å². The molecule has 1 aliphatic heterocycles. The first-order valence-corrected chi connectivity index (χ1v) is 10.1. The molecule has 2 heterocycles. The fourth-order valence-electron chi connectivity index (χ4n) is 3.62. The Hall–Kier alpha value is -1.25. The highest BCUT2D eigenvalue weighted by Crippen LogP contribution is 2.44. The number of aromatic nitrogens is 2. The van der Waals surface area contributed by atoms with Crippen molar-refractivity contribution in [3.63, 3.8) is 0 Å². The van der Waals surface area contributed by atoms with Crippen LogP contribution in [-0.4, -0.2) is 54.2 Å². The number of rotatable bonds is 7. The van der Waals surface area contributed by atoms with Crippen molar-refractivity contribution >= 4 is 15.8 Å². The van der Waals surface area contributed by atoms with Crippen LogP contribution in [0.3, 0.4) is 0 Å². The first-order valence-electron chi connectivity index (χ1n) is 8.63. The molecule has 0 spiro atoms. The average Bonchev–Trinajstić information content (AvgIpc) is 3.45. The van der Waals surface area contributed by atoms with E-state index in [1.807, 2.05) is 6.07 Å². The smallest absolute Gasteiger partial charge is 0.217 e. The second kappa shape index (κ2) is 6.24. The van der Waals surface area contributed by atoms with Gasteiger partial charge in [0.25, 0.3) is 0 Å². The van der Waals surface area contributed by atoms with E-state index in [9.17, 15) is 8.42 Å². The van der Waals surface area contributed by atoms with Crippen LogP contribution in [0.4, 0.5) is 5.82 Å². The number of sulfonamides is 1. The molecule has 1 aromatic heterocycles. The number of methoxy groups -OCH3 is 1. The summed E-state index contributed by atoms with van der Waals surface area (Å²) in [6, 6.07) is 2.00. The van der Waals surface area contributed by atoms with E-state index in [0.717, 1.165) is 24.4 Å². The Morgan fingerprint density at radius 2 is 2.04 bits per heavy atom. The van der Waals surface area contributed by atoms with Gasteiger partial charge in [0.15, 0.2) is 0 Å². The molecule has 2 aliphatic carbocycles. The molecule has 0 aromatic carbocycles. The number of nitrogens with zero attached hydrogens (tertiary/aromatic N) is 3. The largest absolute Gasteiger partial charge is 0.378 e. The Morgan fingerprint density at radius 3 is 2.71 bits per heavy atom. The molecule has 7 nitrogen and oxygen atoms in total. The van der Waals surface area contributed by atoms with Gasteiger partial charge in [0.05, 0.1) is 17.6 Å². The lowest BCUT2D eigenvalue weighted by Gasteiger charge is -2.20. The third-order valence-corrected chi connectivity index (χ3v) is 7.55. The summed E-state index contributed by atoms with van der Waals surface area (Å²) in [6.45, 7) is 1.64. The van der Waals surface area contributed by atoms with Gasteiger partial charge in [-0.15, -0.1) is 0 Å². The molecule has 1 saturated heterocycles. The van der Waals surface area contributed by atoms with E-state index >= 15 is 0 Å². The highest BCUT2D eigenvalue weighted by molar-refractivity contribution is 7.90. The van der Waals surface area contributed by atoms with Crippen LogP contribution < -0.4 is 5.32 Å². The maximum atomic E-state index is 12.6. The second-order valence-corrected chi connectivity index (χ2v) is 9.35. The molecule has 2 unspecified atom stereocenters. The fraction of sp³-hybridized carbons (Fsp3) is 0.750. The number of ether oxygens (including phenoxy) is 1. The van der Waals surface area contributed by atoms with E-state index in [0.29, 0.717) is 31.5 Å². The van der Waals surface area contributed by atoms with Gasteiger partial charge in [0.1, 0.15) is 12.1 Å². The number of hydrogen-bond donors (Lipinski definition) is 1. The lowest BCUT2D eigenvalue weighted by Crippen LogP contribution is -2.34. The van der Waals surface area contributed by atoms with Crippen LogP contribution in [0.2, 0.25) is 0 Å². The minimum Gasteiger partial charge on any atom is -0.378 e. The van der Waals surface area contributed by atoms with E-state index < -0.39 is 10.0 Å². The lowest BCUT2D eigenvalue weighted by atomic mass is 9.98. The molecule has 0 amide bonds. The predicted molar refractivity (Wildman–Crippen MR) is 89.9 cm³/mol. The Morgan fingerprint density at radius 1 is 1.25 bits per heavy atom. The predicted octanol–water partition coefficient (Wildman–Crippen LogP) is 1.24. The van der Waals surface area contributed by atoms with Crippen LogP contribution in [0.5, 0.6) is 0 Å². The summed E-state index contributed by atoms with van der Waals surface area (Å²) < 4.78 is 32.0. The molecule has 3 fully saturated rings.